The molecule has 132 valence electrons. The van der Waals surface area contributed by atoms with Crippen molar-refractivity contribution >= 4 is 22.8 Å². The van der Waals surface area contributed by atoms with Crippen LogP contribution in [-0.4, -0.2) is 33.1 Å². The highest BCUT2D eigenvalue weighted by atomic mass is 16.4. The fourth-order valence-electron chi connectivity index (χ4n) is 2.72. The molecular formula is C18H15N3O5. The quantitative estimate of drug-likeness (QED) is 0.616. The molecule has 1 amide bonds. The molecule has 3 rings (SSSR count). The minimum atomic E-state index is -1.29. The van der Waals surface area contributed by atoms with E-state index < -0.39 is 35.7 Å². The van der Waals surface area contributed by atoms with E-state index in [-0.39, 0.29) is 5.39 Å². The van der Waals surface area contributed by atoms with Gasteiger partial charge in [0, 0.05) is 0 Å². The predicted octanol–water partition coefficient (Wildman–Crippen LogP) is 0.480. The summed E-state index contributed by atoms with van der Waals surface area (Å²) < 4.78 is 0.800. The number of hydrogen-bond donors (Lipinski definition) is 3. The van der Waals surface area contributed by atoms with E-state index in [9.17, 15) is 19.2 Å². The summed E-state index contributed by atoms with van der Waals surface area (Å²) in [5.41, 5.74) is -0.647. The van der Waals surface area contributed by atoms with E-state index >= 15 is 0 Å². The van der Waals surface area contributed by atoms with Gasteiger partial charge >= 0.3 is 11.7 Å². The monoisotopic (exact) mass is 353 g/mol. The number of aromatic nitrogens is 2. The van der Waals surface area contributed by atoms with Crippen molar-refractivity contribution in [3.05, 3.63) is 81.0 Å². The predicted molar refractivity (Wildman–Crippen MR) is 94.1 cm³/mol. The van der Waals surface area contributed by atoms with E-state index in [0.29, 0.717) is 11.1 Å². The zero-order valence-electron chi connectivity index (χ0n) is 13.5. The summed E-state index contributed by atoms with van der Waals surface area (Å²) in [4.78, 5) is 51.3. The Hall–Kier alpha value is -3.68. The molecule has 0 aliphatic carbocycles. The van der Waals surface area contributed by atoms with Gasteiger partial charge in [-0.05, 0) is 17.7 Å². The number of benzene rings is 2. The Morgan fingerprint density at radius 3 is 2.38 bits per heavy atom. The number of H-pyrrole nitrogens is 1. The van der Waals surface area contributed by atoms with Crippen LogP contribution in [0.5, 0.6) is 0 Å². The lowest BCUT2D eigenvalue weighted by atomic mass is 10.1. The molecule has 0 aliphatic rings. The van der Waals surface area contributed by atoms with Gasteiger partial charge in [-0.15, -0.1) is 0 Å². The van der Waals surface area contributed by atoms with Crippen LogP contribution in [-0.2, 0) is 9.59 Å². The number of carboxylic acid groups (broad SMARTS) is 1. The first-order valence-electron chi connectivity index (χ1n) is 7.77. The SMILES string of the molecule is O=C(O)CNC(=O)C(c1ccccc1)n1c(=O)[nH]c2ccccc2c1=O. The largest absolute Gasteiger partial charge is 0.480 e. The standard InChI is InChI=1S/C18H15N3O5/c22-14(23)10-19-16(24)15(11-6-2-1-3-7-11)21-17(25)12-8-4-5-9-13(12)20-18(21)26/h1-9,15H,10H2,(H,19,24)(H,20,26)(H,22,23). The van der Waals surface area contributed by atoms with Crippen molar-refractivity contribution in [2.75, 3.05) is 6.54 Å². The van der Waals surface area contributed by atoms with Crippen molar-refractivity contribution in [3.63, 3.8) is 0 Å². The number of amides is 1. The first kappa shape index (κ1) is 17.2. The lowest BCUT2D eigenvalue weighted by molar-refractivity contribution is -0.138. The lowest BCUT2D eigenvalue weighted by Crippen LogP contribution is -2.45. The summed E-state index contributed by atoms with van der Waals surface area (Å²) >= 11 is 0. The van der Waals surface area contributed by atoms with Gasteiger partial charge in [0.05, 0.1) is 10.9 Å². The maximum absolute atomic E-state index is 12.9. The van der Waals surface area contributed by atoms with Gasteiger partial charge in [0.25, 0.3) is 5.56 Å². The summed E-state index contributed by atoms with van der Waals surface area (Å²) in [5.74, 6) is -1.99. The molecule has 0 saturated heterocycles. The molecule has 1 atom stereocenters. The first-order valence-corrected chi connectivity index (χ1v) is 7.77. The van der Waals surface area contributed by atoms with E-state index in [4.69, 9.17) is 5.11 Å². The average molecular weight is 353 g/mol. The molecule has 3 N–H and O–H groups in total. The molecule has 0 radical (unpaired) electrons. The number of para-hydroxylation sites is 1. The third kappa shape index (κ3) is 3.25. The normalized spacial score (nSPS) is 11.8. The van der Waals surface area contributed by atoms with Crippen LogP contribution in [0.1, 0.15) is 11.6 Å². The third-order valence-corrected chi connectivity index (χ3v) is 3.87. The van der Waals surface area contributed by atoms with Gasteiger partial charge in [-0.2, -0.15) is 0 Å². The van der Waals surface area contributed by atoms with Crippen molar-refractivity contribution in [2.24, 2.45) is 0 Å². The van der Waals surface area contributed by atoms with Crippen LogP contribution in [0.4, 0.5) is 0 Å². The molecule has 0 aliphatic heterocycles. The first-order chi connectivity index (χ1) is 12.5. The van der Waals surface area contributed by atoms with Gasteiger partial charge < -0.3 is 15.4 Å². The highest BCUT2D eigenvalue weighted by Crippen LogP contribution is 2.16. The van der Waals surface area contributed by atoms with Crippen molar-refractivity contribution in [1.29, 1.82) is 0 Å². The number of nitrogens with zero attached hydrogens (tertiary/aromatic N) is 1. The smallest absolute Gasteiger partial charge is 0.329 e. The van der Waals surface area contributed by atoms with Gasteiger partial charge in [0.1, 0.15) is 12.6 Å². The number of hydrogen-bond acceptors (Lipinski definition) is 4. The van der Waals surface area contributed by atoms with E-state index in [1.54, 1.807) is 54.6 Å². The van der Waals surface area contributed by atoms with E-state index in [0.717, 1.165) is 4.57 Å². The highest BCUT2D eigenvalue weighted by molar-refractivity contribution is 5.87. The molecule has 0 fully saturated rings. The summed E-state index contributed by atoms with van der Waals surface area (Å²) in [5, 5.41) is 11.3. The summed E-state index contributed by atoms with van der Waals surface area (Å²) in [6.07, 6.45) is 0. The van der Waals surface area contributed by atoms with E-state index in [2.05, 4.69) is 10.3 Å². The van der Waals surface area contributed by atoms with E-state index in [1.807, 2.05) is 0 Å². The minimum absolute atomic E-state index is 0.249. The zero-order valence-corrected chi connectivity index (χ0v) is 13.5. The molecule has 1 aromatic heterocycles. The number of aromatic amines is 1. The van der Waals surface area contributed by atoms with Gasteiger partial charge in [-0.1, -0.05) is 42.5 Å². The summed E-state index contributed by atoms with van der Waals surface area (Å²) in [6.45, 7) is -0.623. The Kier molecular flexibility index (Phi) is 4.66. The Balaban J connectivity index is 2.21. The number of carbonyl (C=O) groups is 2. The minimum Gasteiger partial charge on any atom is -0.480 e. The molecule has 8 nitrogen and oxygen atoms in total. The number of fused-ring (bicyclic) bond motifs is 1. The van der Waals surface area contributed by atoms with Gasteiger partial charge in [-0.25, -0.2) is 9.36 Å². The second-order valence-corrected chi connectivity index (χ2v) is 5.58. The number of carbonyl (C=O) groups excluding carboxylic acids is 1. The van der Waals surface area contributed by atoms with Gasteiger partial charge in [-0.3, -0.25) is 14.4 Å². The third-order valence-electron chi connectivity index (χ3n) is 3.87. The maximum Gasteiger partial charge on any atom is 0.329 e. The highest BCUT2D eigenvalue weighted by Gasteiger charge is 2.26. The Morgan fingerprint density at radius 1 is 1.04 bits per heavy atom. The number of carboxylic acids is 1. The van der Waals surface area contributed by atoms with Gasteiger partial charge in [0.2, 0.25) is 5.91 Å². The van der Waals surface area contributed by atoms with Crippen LogP contribution in [0.2, 0.25) is 0 Å². The van der Waals surface area contributed by atoms with Crippen LogP contribution in [0, 0.1) is 0 Å². The Morgan fingerprint density at radius 2 is 1.69 bits per heavy atom. The molecular weight excluding hydrogens is 338 g/mol. The summed E-state index contributed by atoms with van der Waals surface area (Å²) in [6, 6.07) is 13.4. The fraction of sp³-hybridized carbons (Fsp3) is 0.111. The summed E-state index contributed by atoms with van der Waals surface area (Å²) in [7, 11) is 0. The molecule has 8 heteroatoms. The van der Waals surface area contributed by atoms with E-state index in [1.165, 1.54) is 0 Å². The topological polar surface area (TPSA) is 121 Å². The van der Waals surface area contributed by atoms with Crippen LogP contribution in [0.25, 0.3) is 10.9 Å². The molecule has 0 bridgehead atoms. The fourth-order valence-corrected chi connectivity index (χ4v) is 2.72. The Bertz CT molecular complexity index is 1090. The van der Waals surface area contributed by atoms with Crippen LogP contribution >= 0.6 is 0 Å². The van der Waals surface area contributed by atoms with Crippen molar-refractivity contribution in [1.82, 2.24) is 14.9 Å². The van der Waals surface area contributed by atoms with Crippen molar-refractivity contribution in [3.8, 4) is 0 Å². The molecule has 3 aromatic rings. The molecule has 1 unspecified atom stereocenters. The maximum atomic E-state index is 12.9. The van der Waals surface area contributed by atoms with Crippen molar-refractivity contribution in [2.45, 2.75) is 6.04 Å². The molecule has 2 aromatic carbocycles. The Labute approximate surface area is 146 Å². The number of aliphatic carboxylic acids is 1. The van der Waals surface area contributed by atoms with Crippen LogP contribution in [0.3, 0.4) is 0 Å². The average Bonchev–Trinajstić information content (AvgIpc) is 2.64. The van der Waals surface area contributed by atoms with Crippen LogP contribution in [0.15, 0.2) is 64.2 Å². The molecule has 0 saturated carbocycles. The second kappa shape index (κ2) is 7.06. The van der Waals surface area contributed by atoms with Crippen LogP contribution < -0.4 is 16.6 Å². The molecule has 26 heavy (non-hydrogen) atoms. The van der Waals surface area contributed by atoms with Crippen molar-refractivity contribution < 1.29 is 14.7 Å². The van der Waals surface area contributed by atoms with Gasteiger partial charge in [0.15, 0.2) is 0 Å². The molecule has 0 spiro atoms. The number of nitrogens with one attached hydrogen (secondary N) is 2. The number of rotatable bonds is 5. The lowest BCUT2D eigenvalue weighted by Gasteiger charge is -2.19. The molecule has 1 heterocycles. The second-order valence-electron chi connectivity index (χ2n) is 5.58. The zero-order chi connectivity index (χ0) is 18.7.